The van der Waals surface area contributed by atoms with Gasteiger partial charge in [-0.05, 0) is 18.2 Å². The van der Waals surface area contributed by atoms with Crippen molar-refractivity contribution in [1.82, 2.24) is 15.0 Å². The highest BCUT2D eigenvalue weighted by atomic mass is 35.5. The van der Waals surface area contributed by atoms with E-state index < -0.39 is 11.8 Å². The van der Waals surface area contributed by atoms with E-state index in [1.54, 1.807) is 6.07 Å². The van der Waals surface area contributed by atoms with Gasteiger partial charge >= 0.3 is 0 Å². The zero-order valence-electron chi connectivity index (χ0n) is 10.9. The monoisotopic (exact) mass is 308 g/mol. The summed E-state index contributed by atoms with van der Waals surface area (Å²) in [6.45, 7) is 0.858. The molecule has 2 aromatic rings. The number of halogens is 1. The summed E-state index contributed by atoms with van der Waals surface area (Å²) in [5.41, 5.74) is 11.2. The van der Waals surface area contributed by atoms with Gasteiger partial charge in [-0.1, -0.05) is 16.8 Å². The maximum atomic E-state index is 12.0. The third-order valence-electron chi connectivity index (χ3n) is 2.62. The van der Waals surface area contributed by atoms with Gasteiger partial charge in [-0.25, -0.2) is 0 Å². The predicted octanol–water partition coefficient (Wildman–Crippen LogP) is 0.241. The van der Waals surface area contributed by atoms with Crippen LogP contribution in [0.3, 0.4) is 0 Å². The number of aromatic nitrogens is 3. The number of amides is 2. The Hall–Kier alpha value is -2.45. The van der Waals surface area contributed by atoms with Gasteiger partial charge in [0.15, 0.2) is 5.69 Å². The van der Waals surface area contributed by atoms with Crippen molar-refractivity contribution in [3.05, 3.63) is 40.7 Å². The molecule has 0 aliphatic rings. The first kappa shape index (κ1) is 14.9. The molecule has 0 aliphatic heterocycles. The van der Waals surface area contributed by atoms with Gasteiger partial charge in [0.05, 0.1) is 23.3 Å². The zero-order chi connectivity index (χ0) is 15.4. The highest BCUT2D eigenvalue weighted by Gasteiger charge is 2.13. The predicted molar refractivity (Wildman–Crippen MR) is 77.0 cm³/mol. The Kier molecular flexibility index (Phi) is 4.51. The number of nitrogens with one attached hydrogen (secondary N) is 1. The van der Waals surface area contributed by atoms with Crippen molar-refractivity contribution < 1.29 is 9.59 Å². The number of primary amides is 1. The molecule has 8 nitrogen and oxygen atoms in total. The topological polar surface area (TPSA) is 129 Å². The number of nitrogens with two attached hydrogens (primary N) is 2. The number of hydrogen-bond donors (Lipinski definition) is 3. The molecule has 0 atom stereocenters. The number of rotatable bonds is 5. The lowest BCUT2D eigenvalue weighted by Gasteiger charge is -2.05. The number of carbonyl (C=O) groups is 2. The van der Waals surface area contributed by atoms with E-state index in [-0.39, 0.29) is 16.3 Å². The molecule has 0 fully saturated rings. The van der Waals surface area contributed by atoms with Crippen molar-refractivity contribution in [2.75, 3.05) is 11.9 Å². The second-order valence-electron chi connectivity index (χ2n) is 4.17. The number of anilines is 1. The fourth-order valence-corrected chi connectivity index (χ4v) is 1.84. The van der Waals surface area contributed by atoms with Gasteiger partial charge in [-0.3, -0.25) is 14.3 Å². The molecule has 0 saturated heterocycles. The van der Waals surface area contributed by atoms with E-state index in [2.05, 4.69) is 15.6 Å². The molecule has 0 radical (unpaired) electrons. The second-order valence-corrected chi connectivity index (χ2v) is 4.58. The summed E-state index contributed by atoms with van der Waals surface area (Å²) in [6.07, 6.45) is 1.48. The average molecular weight is 309 g/mol. The van der Waals surface area contributed by atoms with E-state index >= 15 is 0 Å². The fourth-order valence-electron chi connectivity index (χ4n) is 1.63. The maximum Gasteiger partial charge on any atom is 0.277 e. The number of nitrogens with zero attached hydrogens (tertiary/aromatic N) is 3. The number of hydrogen-bond acceptors (Lipinski definition) is 5. The smallest absolute Gasteiger partial charge is 0.277 e. The van der Waals surface area contributed by atoms with Gasteiger partial charge < -0.3 is 16.8 Å². The zero-order valence-corrected chi connectivity index (χ0v) is 11.7. The van der Waals surface area contributed by atoms with Gasteiger partial charge in [-0.15, -0.1) is 5.10 Å². The standard InChI is InChI=1S/C12H13ClN6O2/c13-9-2-1-7(5-8(9)11(15)20)16-12(21)10-6-19(4-3-14)18-17-10/h1-2,5-6H,3-4,14H2,(H2,15,20)(H,16,21). The Morgan fingerprint density at radius 1 is 1.38 bits per heavy atom. The summed E-state index contributed by atoms with van der Waals surface area (Å²) in [7, 11) is 0. The summed E-state index contributed by atoms with van der Waals surface area (Å²) >= 11 is 5.83. The van der Waals surface area contributed by atoms with Crippen LogP contribution in [0.5, 0.6) is 0 Å². The maximum absolute atomic E-state index is 12.0. The van der Waals surface area contributed by atoms with Crippen LogP contribution in [0.2, 0.25) is 5.02 Å². The molecule has 1 aromatic carbocycles. The van der Waals surface area contributed by atoms with E-state index in [4.69, 9.17) is 23.1 Å². The van der Waals surface area contributed by atoms with Crippen molar-refractivity contribution in [3.63, 3.8) is 0 Å². The normalized spacial score (nSPS) is 10.4. The molecule has 0 unspecified atom stereocenters. The van der Waals surface area contributed by atoms with E-state index in [0.717, 1.165) is 0 Å². The van der Waals surface area contributed by atoms with Crippen LogP contribution in [0.25, 0.3) is 0 Å². The van der Waals surface area contributed by atoms with Gasteiger partial charge in [0.2, 0.25) is 5.91 Å². The van der Waals surface area contributed by atoms with Crippen molar-refractivity contribution in [3.8, 4) is 0 Å². The van der Waals surface area contributed by atoms with Crippen molar-refractivity contribution >= 4 is 29.1 Å². The average Bonchev–Trinajstić information content (AvgIpc) is 2.90. The fraction of sp³-hybridized carbons (Fsp3) is 0.167. The summed E-state index contributed by atoms with van der Waals surface area (Å²) in [5, 5.41) is 10.3. The van der Waals surface area contributed by atoms with Gasteiger partial charge in [0.1, 0.15) is 0 Å². The summed E-state index contributed by atoms with van der Waals surface area (Å²) in [4.78, 5) is 23.2. The number of benzene rings is 1. The van der Waals surface area contributed by atoms with Crippen molar-refractivity contribution in [2.45, 2.75) is 6.54 Å². The Morgan fingerprint density at radius 3 is 2.81 bits per heavy atom. The van der Waals surface area contributed by atoms with Crippen LogP contribution in [-0.2, 0) is 6.54 Å². The lowest BCUT2D eigenvalue weighted by Crippen LogP contribution is -2.15. The molecular weight excluding hydrogens is 296 g/mol. The summed E-state index contributed by atoms with van der Waals surface area (Å²) in [6, 6.07) is 4.42. The Balaban J connectivity index is 2.15. The lowest BCUT2D eigenvalue weighted by molar-refractivity contribution is 0.0995. The molecule has 1 aromatic heterocycles. The van der Waals surface area contributed by atoms with Crippen LogP contribution in [0.15, 0.2) is 24.4 Å². The minimum atomic E-state index is -0.676. The third-order valence-corrected chi connectivity index (χ3v) is 2.95. The van der Waals surface area contributed by atoms with Crippen LogP contribution in [0.4, 0.5) is 5.69 Å². The molecule has 2 amide bonds. The molecule has 9 heteroatoms. The summed E-state index contributed by atoms with van der Waals surface area (Å²) < 4.78 is 1.46. The van der Waals surface area contributed by atoms with Crippen molar-refractivity contribution in [2.24, 2.45) is 11.5 Å². The van der Waals surface area contributed by atoms with Gasteiger partial charge in [0.25, 0.3) is 5.91 Å². The Morgan fingerprint density at radius 2 is 2.14 bits per heavy atom. The summed E-state index contributed by atoms with van der Waals surface area (Å²) in [5.74, 6) is -1.14. The molecular formula is C12H13ClN6O2. The van der Waals surface area contributed by atoms with Crippen LogP contribution < -0.4 is 16.8 Å². The molecule has 1 heterocycles. The van der Waals surface area contributed by atoms with Crippen LogP contribution in [0.1, 0.15) is 20.8 Å². The molecule has 0 aliphatic carbocycles. The molecule has 0 bridgehead atoms. The molecule has 0 spiro atoms. The first-order valence-electron chi connectivity index (χ1n) is 6.02. The largest absolute Gasteiger partial charge is 0.366 e. The SMILES string of the molecule is NCCn1cc(C(=O)Nc2ccc(Cl)c(C(N)=O)c2)nn1. The van der Waals surface area contributed by atoms with Crippen LogP contribution >= 0.6 is 11.6 Å². The van der Waals surface area contributed by atoms with E-state index in [1.807, 2.05) is 0 Å². The lowest BCUT2D eigenvalue weighted by atomic mass is 10.2. The Labute approximate surface area is 125 Å². The van der Waals surface area contributed by atoms with Crippen LogP contribution in [0, 0.1) is 0 Å². The van der Waals surface area contributed by atoms with Crippen LogP contribution in [-0.4, -0.2) is 33.4 Å². The van der Waals surface area contributed by atoms with Gasteiger partial charge in [0, 0.05) is 12.2 Å². The molecule has 110 valence electrons. The van der Waals surface area contributed by atoms with E-state index in [0.29, 0.717) is 18.8 Å². The first-order chi connectivity index (χ1) is 10.0. The minimum Gasteiger partial charge on any atom is -0.366 e. The van der Waals surface area contributed by atoms with Crippen molar-refractivity contribution in [1.29, 1.82) is 0 Å². The van der Waals surface area contributed by atoms with E-state index in [1.165, 1.54) is 23.0 Å². The van der Waals surface area contributed by atoms with E-state index in [9.17, 15) is 9.59 Å². The van der Waals surface area contributed by atoms with Gasteiger partial charge in [-0.2, -0.15) is 0 Å². The highest BCUT2D eigenvalue weighted by molar-refractivity contribution is 6.34. The molecule has 5 N–H and O–H groups in total. The minimum absolute atomic E-state index is 0.126. The first-order valence-corrected chi connectivity index (χ1v) is 6.40. The quantitative estimate of drug-likeness (QED) is 0.728. The molecule has 2 rings (SSSR count). The highest BCUT2D eigenvalue weighted by Crippen LogP contribution is 2.20. The third kappa shape index (κ3) is 3.56. The second kappa shape index (κ2) is 6.33. The molecule has 21 heavy (non-hydrogen) atoms. The molecule has 0 saturated carbocycles. The number of carbonyl (C=O) groups excluding carboxylic acids is 2. The Bertz CT molecular complexity index is 684.